The first-order chi connectivity index (χ1) is 14.0. The lowest BCUT2D eigenvalue weighted by Crippen LogP contribution is -2.23. The lowest BCUT2D eigenvalue weighted by molar-refractivity contribution is 0.580. The van der Waals surface area contributed by atoms with Gasteiger partial charge < -0.3 is 10.3 Å². The molecular weight excluding hydrogens is 391 g/mol. The molecule has 8 heteroatoms. The van der Waals surface area contributed by atoms with Crippen LogP contribution in [0.15, 0.2) is 77.7 Å². The molecule has 0 saturated heterocycles. The Morgan fingerprint density at radius 1 is 0.897 bits per heavy atom. The number of hydrogen-bond donors (Lipinski definition) is 3. The molecule has 3 aromatic carbocycles. The summed E-state index contributed by atoms with van der Waals surface area (Å²) >= 11 is 0. The number of hydrogen-bond acceptors (Lipinski definition) is 4. The molecule has 4 rings (SSSR count). The number of fused-ring (bicyclic) bond motifs is 1. The van der Waals surface area contributed by atoms with E-state index < -0.39 is 15.8 Å². The fourth-order valence-electron chi connectivity index (χ4n) is 2.95. The van der Waals surface area contributed by atoms with Crippen molar-refractivity contribution in [2.75, 3.05) is 5.32 Å². The maximum atomic E-state index is 13.3. The molecule has 29 heavy (non-hydrogen) atoms. The zero-order valence-corrected chi connectivity index (χ0v) is 16.2. The Bertz CT molecular complexity index is 1220. The second-order valence-corrected chi connectivity index (χ2v) is 8.32. The predicted octanol–water partition coefficient (Wildman–Crippen LogP) is 3.79. The summed E-state index contributed by atoms with van der Waals surface area (Å²) in [4.78, 5) is 7.76. The molecule has 4 aromatic rings. The Hall–Kier alpha value is -3.23. The number of aromatic nitrogens is 2. The van der Waals surface area contributed by atoms with Gasteiger partial charge in [-0.25, -0.2) is 22.5 Å². The standard InChI is InChI=1S/C21H19FN4O2S/c22-17-7-3-5-15(11-17)14-24-29(27,28)18-8-4-6-16(12-18)13-23-21-25-19-9-1-2-10-20(19)26-21/h1-12,24H,13-14H2,(H2,23,25,26). The first-order valence-corrected chi connectivity index (χ1v) is 10.5. The van der Waals surface area contributed by atoms with Gasteiger partial charge in [-0.3, -0.25) is 0 Å². The normalized spacial score (nSPS) is 11.6. The molecule has 0 aliphatic carbocycles. The van der Waals surface area contributed by atoms with Crippen LogP contribution in [-0.4, -0.2) is 18.4 Å². The van der Waals surface area contributed by atoms with Crippen LogP contribution in [0.4, 0.5) is 10.3 Å². The lowest BCUT2D eigenvalue weighted by atomic mass is 10.2. The van der Waals surface area contributed by atoms with Crippen molar-refractivity contribution >= 4 is 27.0 Å². The fraction of sp³-hybridized carbons (Fsp3) is 0.0952. The maximum Gasteiger partial charge on any atom is 0.240 e. The number of benzene rings is 3. The summed E-state index contributed by atoms with van der Waals surface area (Å²) in [6.07, 6.45) is 0. The van der Waals surface area contributed by atoms with Gasteiger partial charge in [0.2, 0.25) is 16.0 Å². The van der Waals surface area contributed by atoms with Crippen LogP contribution in [0, 0.1) is 5.82 Å². The van der Waals surface area contributed by atoms with Crippen LogP contribution in [0.3, 0.4) is 0 Å². The Labute approximate surface area is 167 Å². The largest absolute Gasteiger partial charge is 0.352 e. The van der Waals surface area contributed by atoms with Crippen molar-refractivity contribution in [1.82, 2.24) is 14.7 Å². The lowest BCUT2D eigenvalue weighted by Gasteiger charge is -2.09. The van der Waals surface area contributed by atoms with E-state index in [4.69, 9.17) is 0 Å². The van der Waals surface area contributed by atoms with Gasteiger partial charge in [-0.15, -0.1) is 0 Å². The highest BCUT2D eigenvalue weighted by molar-refractivity contribution is 7.89. The van der Waals surface area contributed by atoms with E-state index in [-0.39, 0.29) is 11.4 Å². The van der Waals surface area contributed by atoms with E-state index in [0.717, 1.165) is 16.6 Å². The van der Waals surface area contributed by atoms with Crippen molar-refractivity contribution in [3.8, 4) is 0 Å². The van der Waals surface area contributed by atoms with Gasteiger partial charge in [0, 0.05) is 13.1 Å². The molecule has 0 aliphatic heterocycles. The van der Waals surface area contributed by atoms with Gasteiger partial charge in [-0.05, 0) is 47.5 Å². The van der Waals surface area contributed by atoms with Crippen LogP contribution in [-0.2, 0) is 23.1 Å². The van der Waals surface area contributed by atoms with E-state index >= 15 is 0 Å². The SMILES string of the molecule is O=S(=O)(NCc1cccc(F)c1)c1cccc(CNc2nc3ccccc3[nH]2)c1. The second-order valence-electron chi connectivity index (χ2n) is 6.56. The Kier molecular flexibility index (Phi) is 5.28. The van der Waals surface area contributed by atoms with Gasteiger partial charge >= 0.3 is 0 Å². The molecule has 0 fully saturated rings. The molecule has 1 heterocycles. The highest BCUT2D eigenvalue weighted by Gasteiger charge is 2.14. The third kappa shape index (κ3) is 4.61. The number of halogens is 1. The Morgan fingerprint density at radius 2 is 1.66 bits per heavy atom. The summed E-state index contributed by atoms with van der Waals surface area (Å²) in [5.74, 6) is 0.212. The highest BCUT2D eigenvalue weighted by atomic mass is 32.2. The Morgan fingerprint density at radius 3 is 2.45 bits per heavy atom. The van der Waals surface area contributed by atoms with Crippen molar-refractivity contribution in [2.24, 2.45) is 0 Å². The third-order valence-corrected chi connectivity index (χ3v) is 5.81. The number of sulfonamides is 1. The molecule has 0 aliphatic rings. The zero-order chi connectivity index (χ0) is 20.3. The fourth-order valence-corrected chi connectivity index (χ4v) is 4.04. The number of nitrogens with zero attached hydrogens (tertiary/aromatic N) is 1. The van der Waals surface area contributed by atoms with E-state index in [1.165, 1.54) is 18.2 Å². The number of imidazole rings is 1. The van der Waals surface area contributed by atoms with Gasteiger partial charge in [0.25, 0.3) is 0 Å². The summed E-state index contributed by atoms with van der Waals surface area (Å²) in [6.45, 7) is 0.425. The summed E-state index contributed by atoms with van der Waals surface area (Å²) in [5.41, 5.74) is 3.12. The smallest absolute Gasteiger partial charge is 0.240 e. The van der Waals surface area contributed by atoms with Crippen LogP contribution in [0.5, 0.6) is 0 Å². The van der Waals surface area contributed by atoms with Crippen molar-refractivity contribution in [3.05, 3.63) is 89.7 Å². The minimum absolute atomic E-state index is 0.0154. The molecule has 0 bridgehead atoms. The van der Waals surface area contributed by atoms with Crippen LogP contribution in [0.25, 0.3) is 11.0 Å². The van der Waals surface area contributed by atoms with E-state index in [1.54, 1.807) is 24.3 Å². The van der Waals surface area contributed by atoms with Crippen LogP contribution < -0.4 is 10.0 Å². The number of aromatic amines is 1. The van der Waals surface area contributed by atoms with Crippen molar-refractivity contribution in [1.29, 1.82) is 0 Å². The van der Waals surface area contributed by atoms with Crippen LogP contribution >= 0.6 is 0 Å². The highest BCUT2D eigenvalue weighted by Crippen LogP contribution is 2.16. The average molecular weight is 410 g/mol. The quantitative estimate of drug-likeness (QED) is 0.433. The number of H-pyrrole nitrogens is 1. The molecule has 6 nitrogen and oxygen atoms in total. The molecule has 0 amide bonds. The monoisotopic (exact) mass is 410 g/mol. The third-order valence-electron chi connectivity index (χ3n) is 4.41. The molecule has 1 aromatic heterocycles. The number of anilines is 1. The van der Waals surface area contributed by atoms with Gasteiger partial charge in [0.05, 0.1) is 15.9 Å². The summed E-state index contributed by atoms with van der Waals surface area (Å²) < 4.78 is 40.9. The number of para-hydroxylation sites is 2. The molecule has 0 radical (unpaired) electrons. The average Bonchev–Trinajstić information content (AvgIpc) is 3.14. The molecule has 0 saturated carbocycles. The predicted molar refractivity (Wildman–Crippen MR) is 110 cm³/mol. The van der Waals surface area contributed by atoms with E-state index in [9.17, 15) is 12.8 Å². The first kappa shape index (κ1) is 19.1. The van der Waals surface area contributed by atoms with Gasteiger partial charge in [-0.2, -0.15) is 0 Å². The molecule has 148 valence electrons. The van der Waals surface area contributed by atoms with Gasteiger partial charge in [0.1, 0.15) is 5.82 Å². The summed E-state index contributed by atoms with van der Waals surface area (Å²) in [5, 5.41) is 3.17. The van der Waals surface area contributed by atoms with Gasteiger partial charge in [0.15, 0.2) is 0 Å². The van der Waals surface area contributed by atoms with E-state index in [1.807, 2.05) is 30.3 Å². The molecule has 0 atom stereocenters. The van der Waals surface area contributed by atoms with Crippen LogP contribution in [0.2, 0.25) is 0 Å². The minimum Gasteiger partial charge on any atom is -0.352 e. The van der Waals surface area contributed by atoms with Gasteiger partial charge in [-0.1, -0.05) is 36.4 Å². The van der Waals surface area contributed by atoms with Crippen molar-refractivity contribution in [2.45, 2.75) is 18.0 Å². The number of nitrogens with one attached hydrogen (secondary N) is 3. The topological polar surface area (TPSA) is 86.9 Å². The first-order valence-electron chi connectivity index (χ1n) is 9.01. The molecule has 3 N–H and O–H groups in total. The summed E-state index contributed by atoms with van der Waals surface area (Å²) in [6, 6.07) is 20.2. The number of rotatable bonds is 7. The Balaban J connectivity index is 1.44. The second kappa shape index (κ2) is 8.02. The molecule has 0 spiro atoms. The van der Waals surface area contributed by atoms with Crippen molar-refractivity contribution in [3.63, 3.8) is 0 Å². The molecular formula is C21H19FN4O2S. The summed E-state index contributed by atoms with van der Waals surface area (Å²) in [7, 11) is -3.72. The maximum absolute atomic E-state index is 13.3. The van der Waals surface area contributed by atoms with E-state index in [0.29, 0.717) is 18.1 Å². The van der Waals surface area contributed by atoms with E-state index in [2.05, 4.69) is 20.0 Å². The minimum atomic E-state index is -3.72. The van der Waals surface area contributed by atoms with Crippen molar-refractivity contribution < 1.29 is 12.8 Å². The molecule has 0 unspecified atom stereocenters. The van der Waals surface area contributed by atoms with Crippen LogP contribution in [0.1, 0.15) is 11.1 Å². The zero-order valence-electron chi connectivity index (χ0n) is 15.4.